The molecule has 7 nitrogen and oxygen atoms in total. The Kier molecular flexibility index (Phi) is 10.6. The second-order valence-electron chi connectivity index (χ2n) is 9.33. The summed E-state index contributed by atoms with van der Waals surface area (Å²) in [6, 6.07) is 14.4. The first-order valence-electron chi connectivity index (χ1n) is 12.7. The highest BCUT2D eigenvalue weighted by Gasteiger charge is 2.22. The Labute approximate surface area is 222 Å². The van der Waals surface area contributed by atoms with E-state index in [1.54, 1.807) is 30.8 Å². The van der Waals surface area contributed by atoms with E-state index in [4.69, 9.17) is 9.15 Å². The fraction of sp³-hybridized carbons (Fsp3) is 0.414. The zero-order chi connectivity index (χ0) is 26.8. The average molecular weight is 525 g/mol. The number of rotatable bonds is 13. The van der Waals surface area contributed by atoms with Gasteiger partial charge < -0.3 is 19.8 Å². The van der Waals surface area contributed by atoms with Crippen LogP contribution in [0.3, 0.4) is 0 Å². The summed E-state index contributed by atoms with van der Waals surface area (Å²) >= 11 is 1.58. The maximum atomic E-state index is 12.8. The maximum absolute atomic E-state index is 12.8. The van der Waals surface area contributed by atoms with E-state index in [9.17, 15) is 14.4 Å². The molecule has 0 saturated carbocycles. The van der Waals surface area contributed by atoms with Gasteiger partial charge in [-0.1, -0.05) is 43.7 Å². The standard InChI is InChI=1S/C29H36N2O5S/c1-5-6-12-22-15-27(33)36-28-20(4)25(14-13-23(22)28)35-16-26(32)31-24(29(34)30-19(2)3)18-37-17-21-10-8-7-9-11-21/h7-11,13-15,19,24H,5-6,12,16-18H2,1-4H3,(H,30,34)(H,31,32). The number of aryl methyl sites for hydroxylation is 2. The molecule has 1 atom stereocenters. The van der Waals surface area contributed by atoms with E-state index in [1.807, 2.05) is 50.2 Å². The lowest BCUT2D eigenvalue weighted by Crippen LogP contribution is -2.51. The third-order valence-electron chi connectivity index (χ3n) is 5.83. The molecule has 3 aromatic rings. The summed E-state index contributed by atoms with van der Waals surface area (Å²) in [6.45, 7) is 7.41. The smallest absolute Gasteiger partial charge is 0.336 e. The van der Waals surface area contributed by atoms with E-state index in [-0.39, 0.29) is 18.6 Å². The van der Waals surface area contributed by atoms with Crippen LogP contribution in [-0.2, 0) is 21.8 Å². The number of carbonyl (C=O) groups excluding carboxylic acids is 2. The van der Waals surface area contributed by atoms with Gasteiger partial charge in [0, 0.05) is 34.6 Å². The fourth-order valence-corrected chi connectivity index (χ4v) is 4.97. The molecular formula is C29H36N2O5S. The van der Waals surface area contributed by atoms with Crippen molar-refractivity contribution in [2.75, 3.05) is 12.4 Å². The lowest BCUT2D eigenvalue weighted by molar-refractivity contribution is -0.129. The van der Waals surface area contributed by atoms with Crippen molar-refractivity contribution in [3.8, 4) is 5.75 Å². The minimum atomic E-state index is -0.691. The topological polar surface area (TPSA) is 97.6 Å². The molecule has 8 heteroatoms. The van der Waals surface area contributed by atoms with Crippen LogP contribution in [0.1, 0.15) is 50.3 Å². The molecule has 37 heavy (non-hydrogen) atoms. The van der Waals surface area contributed by atoms with Gasteiger partial charge in [0.25, 0.3) is 5.91 Å². The number of carbonyl (C=O) groups is 2. The van der Waals surface area contributed by atoms with E-state index in [0.717, 1.165) is 41.5 Å². The third kappa shape index (κ3) is 8.39. The fourth-order valence-electron chi connectivity index (χ4n) is 3.95. The largest absolute Gasteiger partial charge is 0.483 e. The molecular weight excluding hydrogens is 488 g/mol. The summed E-state index contributed by atoms with van der Waals surface area (Å²) in [5.74, 6) is 0.995. The predicted molar refractivity (Wildman–Crippen MR) is 149 cm³/mol. The Morgan fingerprint density at radius 1 is 1.08 bits per heavy atom. The molecule has 1 unspecified atom stereocenters. The first kappa shape index (κ1) is 28.3. The highest BCUT2D eigenvalue weighted by Crippen LogP contribution is 2.29. The lowest BCUT2D eigenvalue weighted by atomic mass is 10.0. The van der Waals surface area contributed by atoms with Crippen LogP contribution in [0.2, 0.25) is 0 Å². The highest BCUT2D eigenvalue weighted by atomic mass is 32.2. The molecule has 0 aliphatic carbocycles. The van der Waals surface area contributed by atoms with E-state index >= 15 is 0 Å². The summed E-state index contributed by atoms with van der Waals surface area (Å²) in [6.07, 6.45) is 2.80. The van der Waals surface area contributed by atoms with Crippen LogP contribution in [0.4, 0.5) is 0 Å². The summed E-state index contributed by atoms with van der Waals surface area (Å²) in [5, 5.41) is 6.56. The molecule has 2 aromatic carbocycles. The van der Waals surface area contributed by atoms with E-state index < -0.39 is 17.6 Å². The summed E-state index contributed by atoms with van der Waals surface area (Å²) in [4.78, 5) is 37.6. The van der Waals surface area contributed by atoms with Crippen LogP contribution >= 0.6 is 11.8 Å². The zero-order valence-corrected chi connectivity index (χ0v) is 22.8. The first-order valence-corrected chi connectivity index (χ1v) is 13.8. The molecule has 0 aliphatic rings. The lowest BCUT2D eigenvalue weighted by Gasteiger charge is -2.20. The van der Waals surface area contributed by atoms with Crippen molar-refractivity contribution in [3.63, 3.8) is 0 Å². The van der Waals surface area contributed by atoms with Crippen molar-refractivity contribution in [2.24, 2.45) is 0 Å². The highest BCUT2D eigenvalue weighted by molar-refractivity contribution is 7.98. The third-order valence-corrected chi connectivity index (χ3v) is 6.94. The number of thioether (sulfide) groups is 1. The van der Waals surface area contributed by atoms with Crippen LogP contribution < -0.4 is 21.0 Å². The summed E-state index contributed by atoms with van der Waals surface area (Å²) in [7, 11) is 0. The van der Waals surface area contributed by atoms with Crippen molar-refractivity contribution in [2.45, 2.75) is 64.8 Å². The van der Waals surface area contributed by atoms with Crippen LogP contribution in [0, 0.1) is 6.92 Å². The number of hydrogen-bond donors (Lipinski definition) is 2. The molecule has 2 amide bonds. The minimum Gasteiger partial charge on any atom is -0.483 e. The SMILES string of the molecule is CCCCc1cc(=O)oc2c(C)c(OCC(=O)NC(CSCc3ccccc3)C(=O)NC(C)C)ccc12. The summed E-state index contributed by atoms with van der Waals surface area (Å²) < 4.78 is 11.3. The summed E-state index contributed by atoms with van der Waals surface area (Å²) in [5.41, 5.74) is 2.84. The van der Waals surface area contributed by atoms with Gasteiger partial charge in [0.05, 0.1) is 0 Å². The van der Waals surface area contributed by atoms with Gasteiger partial charge in [-0.05, 0) is 56.9 Å². The van der Waals surface area contributed by atoms with Crippen LogP contribution in [0.5, 0.6) is 5.75 Å². The molecule has 1 aromatic heterocycles. The van der Waals surface area contributed by atoms with Crippen molar-refractivity contribution in [3.05, 3.63) is 75.6 Å². The van der Waals surface area contributed by atoms with Crippen molar-refractivity contribution < 1.29 is 18.7 Å². The molecule has 0 bridgehead atoms. The monoisotopic (exact) mass is 524 g/mol. The van der Waals surface area contributed by atoms with Gasteiger partial charge in [0.1, 0.15) is 17.4 Å². The zero-order valence-electron chi connectivity index (χ0n) is 22.0. The number of benzene rings is 2. The number of unbranched alkanes of at least 4 members (excludes halogenated alkanes) is 1. The normalized spacial score (nSPS) is 11.9. The van der Waals surface area contributed by atoms with Crippen molar-refractivity contribution >= 4 is 34.5 Å². The number of amides is 2. The molecule has 0 saturated heterocycles. The van der Waals surface area contributed by atoms with Gasteiger partial charge in [0.15, 0.2) is 6.61 Å². The molecule has 0 aliphatic heterocycles. The second-order valence-corrected chi connectivity index (χ2v) is 10.4. The van der Waals surface area contributed by atoms with Crippen molar-refractivity contribution in [1.82, 2.24) is 10.6 Å². The maximum Gasteiger partial charge on any atom is 0.336 e. The van der Waals surface area contributed by atoms with E-state index in [1.165, 1.54) is 0 Å². The Morgan fingerprint density at radius 2 is 1.84 bits per heavy atom. The van der Waals surface area contributed by atoms with Crippen LogP contribution in [-0.4, -0.2) is 36.3 Å². The predicted octanol–water partition coefficient (Wildman–Crippen LogP) is 4.77. The average Bonchev–Trinajstić information content (AvgIpc) is 2.86. The molecule has 0 radical (unpaired) electrons. The Balaban J connectivity index is 1.66. The van der Waals surface area contributed by atoms with Gasteiger partial charge in [-0.2, -0.15) is 11.8 Å². The van der Waals surface area contributed by atoms with E-state index in [2.05, 4.69) is 17.6 Å². The number of ether oxygens (including phenoxy) is 1. The van der Waals surface area contributed by atoms with Gasteiger partial charge in [-0.15, -0.1) is 0 Å². The second kappa shape index (κ2) is 13.9. The molecule has 1 heterocycles. The Hall–Kier alpha value is -3.26. The van der Waals surface area contributed by atoms with Crippen molar-refractivity contribution in [1.29, 1.82) is 0 Å². The Morgan fingerprint density at radius 3 is 2.54 bits per heavy atom. The quantitative estimate of drug-likeness (QED) is 0.313. The minimum absolute atomic E-state index is 0.0422. The number of fused-ring (bicyclic) bond motifs is 1. The molecule has 0 spiro atoms. The molecule has 2 N–H and O–H groups in total. The number of hydrogen-bond acceptors (Lipinski definition) is 6. The van der Waals surface area contributed by atoms with Crippen LogP contribution in [0.25, 0.3) is 11.0 Å². The Bertz CT molecular complexity index is 1260. The number of nitrogens with one attached hydrogen (secondary N) is 2. The molecule has 198 valence electrons. The molecule has 3 rings (SSSR count). The van der Waals surface area contributed by atoms with Gasteiger partial charge >= 0.3 is 5.63 Å². The van der Waals surface area contributed by atoms with E-state index in [0.29, 0.717) is 22.6 Å². The van der Waals surface area contributed by atoms with Gasteiger partial charge in [0.2, 0.25) is 5.91 Å². The van der Waals surface area contributed by atoms with Gasteiger partial charge in [-0.25, -0.2) is 4.79 Å². The molecule has 0 fully saturated rings. The van der Waals surface area contributed by atoms with Crippen LogP contribution in [0.15, 0.2) is 57.7 Å². The first-order chi connectivity index (χ1) is 17.8. The van der Waals surface area contributed by atoms with Gasteiger partial charge in [-0.3, -0.25) is 9.59 Å².